The molecule has 7 heteroatoms. The van der Waals surface area contributed by atoms with E-state index in [9.17, 15) is 19.3 Å². The number of amides is 1. The van der Waals surface area contributed by atoms with Crippen molar-refractivity contribution < 1.29 is 18.8 Å². The van der Waals surface area contributed by atoms with Crippen molar-refractivity contribution in [2.24, 2.45) is 0 Å². The maximum atomic E-state index is 13.3. The van der Waals surface area contributed by atoms with Gasteiger partial charge in [0.1, 0.15) is 5.75 Å². The van der Waals surface area contributed by atoms with Crippen molar-refractivity contribution in [3.63, 3.8) is 0 Å². The Hall–Kier alpha value is -2.96. The molecule has 0 radical (unpaired) electrons. The van der Waals surface area contributed by atoms with Gasteiger partial charge in [0.15, 0.2) is 0 Å². The molecule has 0 saturated carbocycles. The molecule has 102 valence electrons. The second-order valence-electron chi connectivity index (χ2n) is 3.75. The van der Waals surface area contributed by atoms with E-state index in [0.29, 0.717) is 5.75 Å². The first-order valence-electron chi connectivity index (χ1n) is 5.54. The Morgan fingerprint density at radius 1 is 1.20 bits per heavy atom. The quantitative estimate of drug-likeness (QED) is 0.688. The molecule has 0 aliphatic rings. The van der Waals surface area contributed by atoms with Gasteiger partial charge in [-0.1, -0.05) is 18.2 Å². The lowest BCUT2D eigenvalue weighted by Crippen LogP contribution is -2.16. The van der Waals surface area contributed by atoms with Crippen LogP contribution in [-0.2, 0) is 0 Å². The predicted octanol–water partition coefficient (Wildman–Crippen LogP) is 3.34. The Bertz CT molecular complexity index is 646. The third kappa shape index (κ3) is 3.29. The lowest BCUT2D eigenvalue weighted by Gasteiger charge is -2.06. The highest BCUT2D eigenvalue weighted by atomic mass is 19.1. The largest absolute Gasteiger partial charge is 0.417 e. The number of nitrogens with zero attached hydrogens (tertiary/aromatic N) is 1. The SMILES string of the molecule is O=C(Nc1ccc([N+](=O)[O-])c(F)c1)Oc1ccccc1. The molecule has 0 unspecified atom stereocenters. The summed E-state index contributed by atoms with van der Waals surface area (Å²) in [6, 6.07) is 11.3. The summed E-state index contributed by atoms with van der Waals surface area (Å²) in [6.07, 6.45) is -0.815. The number of hydrogen-bond donors (Lipinski definition) is 1. The van der Waals surface area contributed by atoms with E-state index >= 15 is 0 Å². The van der Waals surface area contributed by atoms with Crippen molar-refractivity contribution >= 4 is 17.5 Å². The zero-order chi connectivity index (χ0) is 14.5. The second kappa shape index (κ2) is 5.79. The van der Waals surface area contributed by atoms with Crippen LogP contribution in [0.5, 0.6) is 5.75 Å². The number of nitro benzene ring substituents is 1. The fourth-order valence-electron chi connectivity index (χ4n) is 1.47. The Morgan fingerprint density at radius 2 is 1.90 bits per heavy atom. The van der Waals surface area contributed by atoms with Gasteiger partial charge in [-0.3, -0.25) is 15.4 Å². The molecule has 0 saturated heterocycles. The molecule has 0 fully saturated rings. The summed E-state index contributed by atoms with van der Waals surface area (Å²) in [5.41, 5.74) is -0.596. The first-order chi connectivity index (χ1) is 9.56. The molecule has 1 amide bonds. The number of para-hydroxylation sites is 1. The number of carbonyl (C=O) groups is 1. The summed E-state index contributed by atoms with van der Waals surface area (Å²) >= 11 is 0. The molecule has 20 heavy (non-hydrogen) atoms. The minimum absolute atomic E-state index is 0.0639. The lowest BCUT2D eigenvalue weighted by atomic mass is 10.2. The molecule has 1 N–H and O–H groups in total. The van der Waals surface area contributed by atoms with Crippen molar-refractivity contribution in [1.29, 1.82) is 0 Å². The Balaban J connectivity index is 2.05. The van der Waals surface area contributed by atoms with Gasteiger partial charge in [-0.25, -0.2) is 4.79 Å². The standard InChI is InChI=1S/C13H9FN2O4/c14-11-8-9(6-7-12(11)16(18)19)15-13(17)20-10-4-2-1-3-5-10/h1-8H,(H,15,17). The van der Waals surface area contributed by atoms with Gasteiger partial charge in [0.05, 0.1) is 4.92 Å². The number of halogens is 1. The maximum Gasteiger partial charge on any atom is 0.417 e. The summed E-state index contributed by atoms with van der Waals surface area (Å²) < 4.78 is 18.3. The molecule has 0 heterocycles. The molecule has 2 rings (SSSR count). The predicted molar refractivity (Wildman–Crippen MR) is 69.1 cm³/mol. The van der Waals surface area contributed by atoms with Crippen molar-refractivity contribution in [2.75, 3.05) is 5.32 Å². The highest BCUT2D eigenvalue weighted by molar-refractivity contribution is 5.86. The number of anilines is 1. The van der Waals surface area contributed by atoms with E-state index in [0.717, 1.165) is 12.1 Å². The van der Waals surface area contributed by atoms with E-state index in [2.05, 4.69) is 5.32 Å². The van der Waals surface area contributed by atoms with Crippen LogP contribution in [0.15, 0.2) is 48.5 Å². The van der Waals surface area contributed by atoms with E-state index in [1.165, 1.54) is 6.07 Å². The summed E-state index contributed by atoms with van der Waals surface area (Å²) in [4.78, 5) is 21.1. The van der Waals surface area contributed by atoms with E-state index < -0.39 is 22.5 Å². The zero-order valence-corrected chi connectivity index (χ0v) is 10.1. The van der Waals surface area contributed by atoms with Crippen LogP contribution in [0.3, 0.4) is 0 Å². The van der Waals surface area contributed by atoms with Crippen molar-refractivity contribution in [1.82, 2.24) is 0 Å². The van der Waals surface area contributed by atoms with Crippen molar-refractivity contribution in [3.05, 3.63) is 64.5 Å². The minimum Gasteiger partial charge on any atom is -0.410 e. The number of ether oxygens (including phenoxy) is 1. The average molecular weight is 276 g/mol. The number of nitro groups is 1. The van der Waals surface area contributed by atoms with Crippen LogP contribution in [0, 0.1) is 15.9 Å². The normalized spacial score (nSPS) is 9.85. The van der Waals surface area contributed by atoms with Crippen molar-refractivity contribution in [2.45, 2.75) is 0 Å². The van der Waals surface area contributed by atoms with Crippen LogP contribution in [0.2, 0.25) is 0 Å². The molecular weight excluding hydrogens is 267 g/mol. The Kier molecular flexibility index (Phi) is 3.90. The second-order valence-corrected chi connectivity index (χ2v) is 3.75. The molecule has 0 spiro atoms. The van der Waals surface area contributed by atoms with Crippen LogP contribution in [0.1, 0.15) is 0 Å². The van der Waals surface area contributed by atoms with E-state index in [1.54, 1.807) is 30.3 Å². The zero-order valence-electron chi connectivity index (χ0n) is 10.1. The average Bonchev–Trinajstić information content (AvgIpc) is 2.39. The van der Waals surface area contributed by atoms with Crippen LogP contribution in [0.25, 0.3) is 0 Å². The van der Waals surface area contributed by atoms with Crippen LogP contribution < -0.4 is 10.1 Å². The highest BCUT2D eigenvalue weighted by Crippen LogP contribution is 2.21. The Morgan fingerprint density at radius 3 is 2.50 bits per heavy atom. The van der Waals surface area contributed by atoms with Crippen molar-refractivity contribution in [3.8, 4) is 5.75 Å². The topological polar surface area (TPSA) is 81.5 Å². The number of carbonyl (C=O) groups excluding carboxylic acids is 1. The van der Waals surface area contributed by atoms with Crippen LogP contribution in [0.4, 0.5) is 20.6 Å². The summed E-state index contributed by atoms with van der Waals surface area (Å²) in [6.45, 7) is 0. The van der Waals surface area contributed by atoms with Gasteiger partial charge in [-0.2, -0.15) is 4.39 Å². The minimum atomic E-state index is -1.03. The third-order valence-electron chi connectivity index (χ3n) is 2.34. The highest BCUT2D eigenvalue weighted by Gasteiger charge is 2.15. The molecule has 0 atom stereocenters. The number of benzene rings is 2. The first kappa shape index (κ1) is 13.5. The summed E-state index contributed by atoms with van der Waals surface area (Å²) in [5.74, 6) is -0.708. The van der Waals surface area contributed by atoms with E-state index in [-0.39, 0.29) is 5.69 Å². The van der Waals surface area contributed by atoms with Gasteiger partial charge in [0.25, 0.3) is 0 Å². The molecule has 0 aliphatic carbocycles. The number of rotatable bonds is 3. The van der Waals surface area contributed by atoms with Crippen LogP contribution in [-0.4, -0.2) is 11.0 Å². The first-order valence-corrected chi connectivity index (χ1v) is 5.54. The Labute approximate surface area is 112 Å². The number of hydrogen-bond acceptors (Lipinski definition) is 4. The van der Waals surface area contributed by atoms with Gasteiger partial charge in [-0.05, 0) is 18.2 Å². The lowest BCUT2D eigenvalue weighted by molar-refractivity contribution is -0.387. The van der Waals surface area contributed by atoms with Gasteiger partial charge in [0, 0.05) is 17.8 Å². The monoisotopic (exact) mass is 276 g/mol. The molecule has 0 aliphatic heterocycles. The van der Waals surface area contributed by atoms with E-state index in [1.807, 2.05) is 0 Å². The molecular formula is C13H9FN2O4. The fourth-order valence-corrected chi connectivity index (χ4v) is 1.47. The molecule has 2 aromatic carbocycles. The molecule has 2 aromatic rings. The molecule has 6 nitrogen and oxygen atoms in total. The number of nitrogens with one attached hydrogen (secondary N) is 1. The van der Waals surface area contributed by atoms with Crippen LogP contribution >= 0.6 is 0 Å². The fraction of sp³-hybridized carbons (Fsp3) is 0. The van der Waals surface area contributed by atoms with Gasteiger partial charge in [0.2, 0.25) is 5.82 Å². The van der Waals surface area contributed by atoms with Gasteiger partial charge >= 0.3 is 11.8 Å². The van der Waals surface area contributed by atoms with Gasteiger partial charge in [-0.15, -0.1) is 0 Å². The van der Waals surface area contributed by atoms with E-state index in [4.69, 9.17) is 4.74 Å². The maximum absolute atomic E-state index is 13.3. The smallest absolute Gasteiger partial charge is 0.410 e. The molecule has 0 aromatic heterocycles. The summed E-state index contributed by atoms with van der Waals surface area (Å²) in [5, 5.41) is 12.7. The van der Waals surface area contributed by atoms with Gasteiger partial charge < -0.3 is 4.74 Å². The molecule has 0 bridgehead atoms. The summed E-state index contributed by atoms with van der Waals surface area (Å²) in [7, 11) is 0. The third-order valence-corrected chi connectivity index (χ3v) is 2.34.